The Balaban J connectivity index is 1.66. The highest BCUT2D eigenvalue weighted by Crippen LogP contribution is 2.51. The van der Waals surface area contributed by atoms with Crippen molar-refractivity contribution in [2.24, 2.45) is 10.9 Å². The molecule has 0 unspecified atom stereocenters. The van der Waals surface area contributed by atoms with Gasteiger partial charge in [-0.05, 0) is 55.7 Å². The van der Waals surface area contributed by atoms with E-state index in [1.54, 1.807) is 6.07 Å². The second-order valence-corrected chi connectivity index (χ2v) is 8.26. The molecule has 0 spiro atoms. The summed E-state index contributed by atoms with van der Waals surface area (Å²) in [6.45, 7) is 5.73. The van der Waals surface area contributed by atoms with E-state index in [4.69, 9.17) is 4.99 Å². The van der Waals surface area contributed by atoms with E-state index in [1.165, 1.54) is 18.1 Å². The van der Waals surface area contributed by atoms with Gasteiger partial charge in [-0.25, -0.2) is 0 Å². The summed E-state index contributed by atoms with van der Waals surface area (Å²) in [5, 5.41) is 2.77. The fraction of sp³-hybridized carbons (Fsp3) is 0.269. The number of allylic oxidation sites excluding steroid dienone is 3. The fourth-order valence-corrected chi connectivity index (χ4v) is 4.86. The third-order valence-electron chi connectivity index (χ3n) is 5.98. The summed E-state index contributed by atoms with van der Waals surface area (Å²) in [6, 6.07) is 11.2. The Morgan fingerprint density at radius 3 is 2.71 bits per heavy atom. The Labute approximate surface area is 182 Å². The van der Waals surface area contributed by atoms with Gasteiger partial charge in [0.2, 0.25) is 11.5 Å². The lowest BCUT2D eigenvalue weighted by Gasteiger charge is -2.45. The number of nitrogens with one attached hydrogen (secondary N) is 2. The number of pyridine rings is 1. The van der Waals surface area contributed by atoms with Crippen molar-refractivity contribution in [2.75, 3.05) is 5.32 Å². The molecule has 2 aliphatic rings. The van der Waals surface area contributed by atoms with Crippen LogP contribution >= 0.6 is 0 Å². The third-order valence-corrected chi connectivity index (χ3v) is 5.98. The summed E-state index contributed by atoms with van der Waals surface area (Å²) in [4.78, 5) is 31.2. The minimum atomic E-state index is -0.477. The number of hydrogen-bond acceptors (Lipinski definition) is 3. The maximum atomic E-state index is 11.9. The molecule has 31 heavy (non-hydrogen) atoms. The lowest BCUT2D eigenvalue weighted by atomic mass is 9.63. The second kappa shape index (κ2) is 8.34. The number of carbonyl (C=O) groups excluding carboxylic acids is 1. The highest BCUT2D eigenvalue weighted by Gasteiger charge is 2.46. The van der Waals surface area contributed by atoms with Crippen LogP contribution in [-0.4, -0.2) is 17.1 Å². The van der Waals surface area contributed by atoms with Gasteiger partial charge in [-0.2, -0.15) is 0 Å². The number of benzene rings is 1. The molecule has 4 rings (SSSR count). The lowest BCUT2D eigenvalue weighted by Crippen LogP contribution is -2.40. The molecule has 2 aliphatic carbocycles. The summed E-state index contributed by atoms with van der Waals surface area (Å²) in [5.41, 5.74) is 5.95. The number of carbonyl (C=O) groups is 1. The highest BCUT2D eigenvalue weighted by atomic mass is 16.1. The van der Waals surface area contributed by atoms with E-state index in [9.17, 15) is 9.59 Å². The van der Waals surface area contributed by atoms with Gasteiger partial charge in [-0.1, -0.05) is 35.9 Å². The normalized spacial score (nSPS) is 23.8. The van der Waals surface area contributed by atoms with E-state index < -0.39 is 5.54 Å². The molecule has 0 fully saturated rings. The monoisotopic (exact) mass is 413 g/mol. The maximum Gasteiger partial charge on any atom is 0.248 e. The van der Waals surface area contributed by atoms with Gasteiger partial charge in [-0.15, -0.1) is 0 Å². The summed E-state index contributed by atoms with van der Waals surface area (Å²) < 4.78 is 0. The molecule has 2 bridgehead atoms. The molecule has 2 N–H and O–H groups in total. The third kappa shape index (κ3) is 4.08. The molecule has 5 nitrogen and oxygen atoms in total. The van der Waals surface area contributed by atoms with Crippen molar-refractivity contribution in [1.82, 2.24) is 4.98 Å². The topological polar surface area (TPSA) is 74.3 Å². The van der Waals surface area contributed by atoms with Crippen molar-refractivity contribution in [1.29, 1.82) is 0 Å². The van der Waals surface area contributed by atoms with Crippen molar-refractivity contribution in [3.63, 3.8) is 0 Å². The molecule has 158 valence electrons. The van der Waals surface area contributed by atoms with Gasteiger partial charge in [0.1, 0.15) is 5.54 Å². The average molecular weight is 414 g/mol. The summed E-state index contributed by atoms with van der Waals surface area (Å²) in [7, 11) is 0. The number of amides is 1. The van der Waals surface area contributed by atoms with Crippen LogP contribution in [0, 0.1) is 5.92 Å². The van der Waals surface area contributed by atoms with Crippen molar-refractivity contribution in [3.05, 3.63) is 92.9 Å². The molecule has 0 saturated heterocycles. The molecule has 2 atom stereocenters. The van der Waals surface area contributed by atoms with Crippen LogP contribution in [-0.2, 0) is 16.8 Å². The number of aliphatic imine (C=N–C) groups is 1. The maximum absolute atomic E-state index is 11.9. The van der Waals surface area contributed by atoms with Crippen molar-refractivity contribution in [2.45, 2.75) is 39.2 Å². The molecule has 0 saturated carbocycles. The minimum absolute atomic E-state index is 0.0665. The first-order valence-electron chi connectivity index (χ1n) is 10.6. The smallest absolute Gasteiger partial charge is 0.248 e. The quantitative estimate of drug-likeness (QED) is 0.559. The van der Waals surface area contributed by atoms with Crippen LogP contribution in [0.25, 0.3) is 6.08 Å². The number of aromatic nitrogens is 1. The number of H-pyrrole nitrogens is 1. The Morgan fingerprint density at radius 1 is 1.23 bits per heavy atom. The number of nitrogens with zero attached hydrogens (tertiary/aromatic N) is 1. The summed E-state index contributed by atoms with van der Waals surface area (Å²) in [6.07, 6.45) is 11.9. The van der Waals surface area contributed by atoms with E-state index in [-0.39, 0.29) is 17.4 Å². The Bertz CT molecular complexity index is 1180. The number of hydrogen-bond donors (Lipinski definition) is 2. The van der Waals surface area contributed by atoms with Crippen LogP contribution in [0.2, 0.25) is 0 Å². The summed E-state index contributed by atoms with van der Waals surface area (Å²) >= 11 is 0. The molecule has 1 aromatic carbocycles. The minimum Gasteiger partial charge on any atom is -0.326 e. The van der Waals surface area contributed by atoms with E-state index in [0.717, 1.165) is 35.3 Å². The van der Waals surface area contributed by atoms with Crippen molar-refractivity contribution in [3.8, 4) is 0 Å². The van der Waals surface area contributed by atoms with Crippen molar-refractivity contribution < 1.29 is 4.79 Å². The zero-order valence-electron chi connectivity index (χ0n) is 18.1. The van der Waals surface area contributed by atoms with Gasteiger partial charge in [0.15, 0.2) is 0 Å². The van der Waals surface area contributed by atoms with Gasteiger partial charge in [0, 0.05) is 48.5 Å². The molecule has 2 aromatic rings. The van der Waals surface area contributed by atoms with Crippen LogP contribution in [0.5, 0.6) is 0 Å². The predicted octanol–water partition coefficient (Wildman–Crippen LogP) is 4.78. The van der Waals surface area contributed by atoms with Crippen LogP contribution in [0.4, 0.5) is 5.69 Å². The first-order chi connectivity index (χ1) is 14.9. The lowest BCUT2D eigenvalue weighted by molar-refractivity contribution is -0.114. The zero-order chi connectivity index (χ0) is 22.0. The average Bonchev–Trinajstić information content (AvgIpc) is 2.71. The summed E-state index contributed by atoms with van der Waals surface area (Å²) in [5.74, 6) is 0.172. The molecule has 0 aliphatic heterocycles. The van der Waals surface area contributed by atoms with Gasteiger partial charge in [-0.3, -0.25) is 14.6 Å². The molecule has 1 heterocycles. The second-order valence-electron chi connectivity index (χ2n) is 8.26. The van der Waals surface area contributed by atoms with Gasteiger partial charge in [0.05, 0.1) is 0 Å². The molecule has 1 aromatic heterocycles. The number of fused-ring (bicyclic) bond motifs is 4. The molecular formula is C26H27N3O2. The van der Waals surface area contributed by atoms with E-state index in [1.807, 2.05) is 48.7 Å². The Morgan fingerprint density at radius 2 is 2.00 bits per heavy atom. The highest BCUT2D eigenvalue weighted by molar-refractivity contribution is 5.88. The van der Waals surface area contributed by atoms with Gasteiger partial charge >= 0.3 is 0 Å². The van der Waals surface area contributed by atoms with E-state index in [2.05, 4.69) is 36.3 Å². The van der Waals surface area contributed by atoms with Crippen LogP contribution in [0.3, 0.4) is 0 Å². The standard InChI is InChI=1S/C26H27N3O2/c1-4-22-20-14-17(2)16-26(22,23-11-12-25(31)29-24(23)15-20)27-13-5-6-19-7-9-21(10-8-19)28-18(3)30/h4-14,20H,15-16H2,1-3H3,(H,28,30)(H,29,31)/b6-5?,22-4+,27-13?/t20-,26+/m0/s1. The van der Waals surface area contributed by atoms with Crippen molar-refractivity contribution >= 4 is 23.9 Å². The number of aromatic amines is 1. The zero-order valence-corrected chi connectivity index (χ0v) is 18.1. The SMILES string of the molecule is C/C=C1\[C@H]2C=C(C)C[C@]1(N=CC=Cc1ccc(NC(C)=O)cc1)c1ccc(=O)[nH]c1C2. The Kier molecular flexibility index (Phi) is 5.59. The number of rotatable bonds is 4. The van der Waals surface area contributed by atoms with Crippen LogP contribution < -0.4 is 10.9 Å². The van der Waals surface area contributed by atoms with Crippen LogP contribution in [0.1, 0.15) is 44.0 Å². The fourth-order valence-electron chi connectivity index (χ4n) is 4.86. The molecule has 1 amide bonds. The van der Waals surface area contributed by atoms with E-state index in [0.29, 0.717) is 0 Å². The first-order valence-corrected chi connectivity index (χ1v) is 10.6. The van der Waals surface area contributed by atoms with Gasteiger partial charge in [0.25, 0.3) is 0 Å². The predicted molar refractivity (Wildman–Crippen MR) is 126 cm³/mol. The largest absolute Gasteiger partial charge is 0.326 e. The van der Waals surface area contributed by atoms with Gasteiger partial charge < -0.3 is 10.3 Å². The van der Waals surface area contributed by atoms with Crippen LogP contribution in [0.15, 0.2) is 75.6 Å². The van der Waals surface area contributed by atoms with E-state index >= 15 is 0 Å². The first kappa shape index (κ1) is 20.8. The number of anilines is 1. The molecular weight excluding hydrogens is 386 g/mol. The molecule has 0 radical (unpaired) electrons. The Hall–Kier alpha value is -3.47. The molecule has 5 heteroatoms.